The Labute approximate surface area is 346 Å². The minimum Gasteiger partial charge on any atom is -0.461 e. The highest BCUT2D eigenvalue weighted by molar-refractivity contribution is 9.10. The summed E-state index contributed by atoms with van der Waals surface area (Å²) in [4.78, 5) is 21.0. The first-order chi connectivity index (χ1) is 27.1. The number of carbonyl (C=O) groups excluding carboxylic acids is 1. The second-order valence-electron chi connectivity index (χ2n) is 17.1. The van der Waals surface area contributed by atoms with E-state index < -0.39 is 21.7 Å². The maximum Gasteiger partial charge on any atom is 0.338 e. The topological polar surface area (TPSA) is 124 Å². The van der Waals surface area contributed by atoms with Gasteiger partial charge in [0, 0.05) is 66.8 Å². The predicted molar refractivity (Wildman–Crippen MR) is 228 cm³/mol. The van der Waals surface area contributed by atoms with Gasteiger partial charge in [-0.1, -0.05) is 39.3 Å². The third-order valence-electron chi connectivity index (χ3n) is 10.1. The van der Waals surface area contributed by atoms with Gasteiger partial charge in [0.05, 0.1) is 48.1 Å². The van der Waals surface area contributed by atoms with Crippen LogP contribution < -0.4 is 4.90 Å². The first-order valence-corrected chi connectivity index (χ1v) is 27.9. The molecule has 0 spiro atoms. The number of fused-ring (bicyclic) bond motifs is 1. The highest BCUT2D eigenvalue weighted by atomic mass is 79.9. The molecule has 1 saturated carbocycles. The van der Waals surface area contributed by atoms with Crippen LogP contribution in [0.5, 0.6) is 0 Å². The summed E-state index contributed by atoms with van der Waals surface area (Å²) in [6.07, 6.45) is 7.60. The monoisotopic (exact) mass is 890 g/mol. The summed E-state index contributed by atoms with van der Waals surface area (Å²) in [5.74, 6) is 0.0405. The van der Waals surface area contributed by atoms with Crippen molar-refractivity contribution in [1.29, 1.82) is 0 Å². The number of halogens is 2. The Balaban J connectivity index is 1.55. The number of ether oxygens (including phenoxy) is 6. The van der Waals surface area contributed by atoms with E-state index in [1.54, 1.807) is 43.4 Å². The van der Waals surface area contributed by atoms with E-state index in [9.17, 15) is 9.18 Å². The summed E-state index contributed by atoms with van der Waals surface area (Å²) in [5, 5.41) is 9.51. The summed E-state index contributed by atoms with van der Waals surface area (Å²) < 4.78 is 53.1. The Kier molecular flexibility index (Phi) is 16.0. The maximum absolute atomic E-state index is 13.7. The number of carbonyl (C=O) groups is 1. The molecule has 0 aliphatic heterocycles. The zero-order valence-electron chi connectivity index (χ0n) is 34.8. The Morgan fingerprint density at radius 2 is 1.49 bits per heavy atom. The van der Waals surface area contributed by atoms with Crippen molar-refractivity contribution in [3.8, 4) is 16.8 Å². The van der Waals surface area contributed by atoms with Gasteiger partial charge in [-0.05, 0) is 78.0 Å². The van der Waals surface area contributed by atoms with Crippen LogP contribution in [0.15, 0.2) is 47.3 Å². The summed E-state index contributed by atoms with van der Waals surface area (Å²) >= 11 is 4.01. The predicted octanol–water partition coefficient (Wildman–Crippen LogP) is 8.16. The fraction of sp³-hybridized carbons (Fsp3) is 0.600. The molecule has 1 aromatic carbocycles. The van der Waals surface area contributed by atoms with E-state index >= 15 is 0 Å². The molecule has 4 aromatic rings. The second kappa shape index (κ2) is 20.3. The maximum atomic E-state index is 13.7. The molecule has 1 aliphatic rings. The molecule has 0 N–H and O–H groups in total. The molecule has 0 radical (unpaired) electrons. The van der Waals surface area contributed by atoms with Gasteiger partial charge >= 0.3 is 5.97 Å². The van der Waals surface area contributed by atoms with Crippen molar-refractivity contribution < 1.29 is 37.6 Å². The van der Waals surface area contributed by atoms with E-state index in [0.29, 0.717) is 71.2 Å². The minimum atomic E-state index is -1.34. The molecule has 17 heteroatoms. The van der Waals surface area contributed by atoms with Crippen molar-refractivity contribution in [1.82, 2.24) is 24.4 Å². The molecule has 1 aliphatic carbocycles. The lowest BCUT2D eigenvalue weighted by Gasteiger charge is -2.38. The largest absolute Gasteiger partial charge is 0.461 e. The number of methoxy groups -OCH3 is 2. The van der Waals surface area contributed by atoms with Gasteiger partial charge in [0.25, 0.3) is 0 Å². The fourth-order valence-electron chi connectivity index (χ4n) is 6.62. The zero-order chi connectivity index (χ0) is 41.2. The first-order valence-electron chi connectivity index (χ1n) is 19.7. The van der Waals surface area contributed by atoms with Gasteiger partial charge in [0.15, 0.2) is 17.1 Å². The Bertz CT molecular complexity index is 1870. The highest BCUT2D eigenvalue weighted by Gasteiger charge is 2.45. The molecule has 1 fully saturated rings. The number of rotatable bonds is 22. The van der Waals surface area contributed by atoms with Crippen LogP contribution >= 0.6 is 15.9 Å². The van der Waals surface area contributed by atoms with Gasteiger partial charge in [-0.3, -0.25) is 0 Å². The van der Waals surface area contributed by atoms with Crippen molar-refractivity contribution in [2.45, 2.75) is 88.6 Å². The fourth-order valence-corrected chi connectivity index (χ4v) is 8.96. The molecule has 13 nitrogen and oxygen atoms in total. The van der Waals surface area contributed by atoms with Crippen LogP contribution in [0.25, 0.3) is 22.5 Å². The Hall–Kier alpha value is -3.04. The smallest absolute Gasteiger partial charge is 0.338 e. The molecular weight excluding hydrogens is 832 g/mol. The van der Waals surface area contributed by atoms with Gasteiger partial charge < -0.3 is 33.3 Å². The van der Waals surface area contributed by atoms with E-state index in [2.05, 4.69) is 65.2 Å². The quantitative estimate of drug-likeness (QED) is 0.0329. The van der Waals surface area contributed by atoms with Crippen LogP contribution in [-0.2, 0) is 33.2 Å². The van der Waals surface area contributed by atoms with Crippen LogP contribution in [0.4, 0.5) is 10.2 Å². The molecule has 3 aromatic heterocycles. The zero-order valence-corrected chi connectivity index (χ0v) is 38.4. The van der Waals surface area contributed by atoms with Crippen molar-refractivity contribution in [2.75, 3.05) is 72.2 Å². The minimum absolute atomic E-state index is 0.0267. The van der Waals surface area contributed by atoms with Crippen LogP contribution in [0.1, 0.15) is 37.3 Å². The summed E-state index contributed by atoms with van der Waals surface area (Å²) in [7, 11) is 0.508. The molecule has 314 valence electrons. The van der Waals surface area contributed by atoms with Crippen molar-refractivity contribution in [2.24, 2.45) is 0 Å². The van der Waals surface area contributed by atoms with Crippen molar-refractivity contribution >= 4 is 49.5 Å². The Morgan fingerprint density at radius 3 is 2.09 bits per heavy atom. The van der Waals surface area contributed by atoms with E-state index in [1.807, 2.05) is 10.7 Å². The average molecular weight is 892 g/mol. The molecular formula is C40H60BrFN6O7Si2. The van der Waals surface area contributed by atoms with Crippen LogP contribution in [0.2, 0.25) is 51.4 Å². The van der Waals surface area contributed by atoms with E-state index in [-0.39, 0.29) is 30.9 Å². The van der Waals surface area contributed by atoms with E-state index in [0.717, 1.165) is 44.9 Å². The third kappa shape index (κ3) is 12.3. The number of anilines is 1. The standard InChI is InChI=1S/C40H60BrFN6O7Si2/c1-50-17-19-54-39(49)40(55-20-18-51-2)15-13-30(14-16-40)36-35(41)38(46(28-52-21-23-56(3,4)5)29-53-22-24-57(6,7)8)48-37(45-36)34(26-44-48)31-25-43-47(27-31)33-11-9-32(42)10-12-33/h9-12,25-27,30H,13-24,28-29H2,1-8H3/t30-,40-. The molecule has 0 saturated heterocycles. The molecule has 0 bridgehead atoms. The van der Waals surface area contributed by atoms with Gasteiger partial charge in [0.1, 0.15) is 25.9 Å². The van der Waals surface area contributed by atoms with Gasteiger partial charge in [0.2, 0.25) is 0 Å². The third-order valence-corrected chi connectivity index (χ3v) is 14.3. The van der Waals surface area contributed by atoms with Crippen molar-refractivity contribution in [3.05, 3.63) is 58.8 Å². The van der Waals surface area contributed by atoms with Gasteiger partial charge in [-0.2, -0.15) is 14.7 Å². The lowest BCUT2D eigenvalue weighted by atomic mass is 9.77. The van der Waals surface area contributed by atoms with Crippen molar-refractivity contribution in [3.63, 3.8) is 0 Å². The Morgan fingerprint density at radius 1 is 0.877 bits per heavy atom. The van der Waals surface area contributed by atoms with Crippen LogP contribution in [0, 0.1) is 5.82 Å². The molecule has 0 amide bonds. The molecule has 0 unspecified atom stereocenters. The number of hydrogen-bond donors (Lipinski definition) is 0. The number of hydrogen-bond acceptors (Lipinski definition) is 11. The lowest BCUT2D eigenvalue weighted by molar-refractivity contribution is -0.181. The van der Waals surface area contributed by atoms with Crippen LogP contribution in [-0.4, -0.2) is 119 Å². The number of benzene rings is 1. The van der Waals surface area contributed by atoms with E-state index in [1.165, 1.54) is 12.1 Å². The second-order valence-corrected chi connectivity index (χ2v) is 29.1. The first kappa shape index (κ1) is 45.1. The summed E-state index contributed by atoms with van der Waals surface area (Å²) in [5.41, 5.74) is 2.71. The number of nitrogens with zero attached hydrogens (tertiary/aromatic N) is 6. The highest BCUT2D eigenvalue weighted by Crippen LogP contribution is 2.45. The van der Waals surface area contributed by atoms with Gasteiger partial charge in [-0.15, -0.1) is 0 Å². The van der Waals surface area contributed by atoms with E-state index in [4.69, 9.17) is 38.5 Å². The number of esters is 1. The summed E-state index contributed by atoms with van der Waals surface area (Å²) in [6.45, 7) is 17.0. The SMILES string of the molecule is COCCOC(=O)[C@]1(OCCOC)CC[C@H](c2nc3c(-c4cnn(-c5ccc(F)cc5)c4)cnn3c(N(COCC[Si](C)(C)C)COCC[Si](C)(C)C)c2Br)CC1. The van der Waals surface area contributed by atoms with Gasteiger partial charge in [-0.25, -0.2) is 18.9 Å². The average Bonchev–Trinajstić information content (AvgIpc) is 3.82. The molecule has 0 atom stereocenters. The summed E-state index contributed by atoms with van der Waals surface area (Å²) in [6, 6.07) is 8.26. The normalized spacial score (nSPS) is 17.7. The molecule has 3 heterocycles. The molecule has 5 rings (SSSR count). The molecule has 57 heavy (non-hydrogen) atoms. The van der Waals surface area contributed by atoms with Crippen LogP contribution in [0.3, 0.4) is 0 Å². The lowest BCUT2D eigenvalue weighted by Crippen LogP contribution is -2.46. The number of aromatic nitrogens is 5.